The first kappa shape index (κ1) is 16.7. The predicted molar refractivity (Wildman–Crippen MR) is 82.7 cm³/mol. The molecule has 2 aromatic carbocycles. The summed E-state index contributed by atoms with van der Waals surface area (Å²) in [5.41, 5.74) is 0. The van der Waals surface area contributed by atoms with Crippen LogP contribution in [0, 0.1) is 0 Å². The summed E-state index contributed by atoms with van der Waals surface area (Å²) in [7, 11) is -8.14. The van der Waals surface area contributed by atoms with Crippen molar-refractivity contribution < 1.29 is 21.9 Å². The van der Waals surface area contributed by atoms with Gasteiger partial charge in [-0.2, -0.15) is 0 Å². The molecule has 1 unspecified atom stereocenters. The lowest BCUT2D eigenvalue weighted by atomic mass is 10.4. The molecule has 0 spiro atoms. The molecule has 0 saturated carbocycles. The van der Waals surface area contributed by atoms with Gasteiger partial charge in [0.05, 0.1) is 15.5 Å². The minimum absolute atomic E-state index is 0.0291. The Hall–Kier alpha value is -1.70. The van der Waals surface area contributed by atoms with Crippen LogP contribution < -0.4 is 0 Å². The van der Waals surface area contributed by atoms with Crippen molar-refractivity contribution in [1.82, 2.24) is 0 Å². The minimum atomic E-state index is -4.20. The van der Waals surface area contributed by atoms with Gasteiger partial charge < -0.3 is 5.11 Å². The number of hydrogen-bond acceptors (Lipinski definition) is 5. The molecular weight excluding hydrogens is 324 g/mol. The van der Waals surface area contributed by atoms with E-state index in [2.05, 4.69) is 0 Å². The van der Waals surface area contributed by atoms with Crippen LogP contribution in [0.1, 0.15) is 6.92 Å². The topological polar surface area (TPSA) is 88.5 Å². The minimum Gasteiger partial charge on any atom is -0.373 e. The molecule has 118 valence electrons. The van der Waals surface area contributed by atoms with Crippen LogP contribution in [-0.2, 0) is 19.7 Å². The highest BCUT2D eigenvalue weighted by molar-refractivity contribution is 7.96. The highest BCUT2D eigenvalue weighted by Gasteiger charge is 2.42. The average Bonchev–Trinajstić information content (AvgIpc) is 2.48. The number of hydrogen-bond donors (Lipinski definition) is 1. The molecule has 0 aromatic heterocycles. The Morgan fingerprint density at radius 1 is 0.818 bits per heavy atom. The molecule has 7 heteroatoms. The van der Waals surface area contributed by atoms with Gasteiger partial charge in [-0.15, -0.1) is 0 Å². The smallest absolute Gasteiger partial charge is 0.208 e. The first-order valence-electron chi connectivity index (χ1n) is 6.47. The van der Waals surface area contributed by atoms with E-state index in [1.165, 1.54) is 48.5 Å². The number of benzene rings is 2. The van der Waals surface area contributed by atoms with E-state index in [1.54, 1.807) is 12.1 Å². The number of rotatable bonds is 5. The molecule has 1 N–H and O–H groups in total. The third-order valence-corrected chi connectivity index (χ3v) is 7.50. The summed E-state index contributed by atoms with van der Waals surface area (Å²) in [5.74, 6) is -0.915. The van der Waals surface area contributed by atoms with Gasteiger partial charge in [-0.1, -0.05) is 36.4 Å². The standard InChI is InChI=1S/C15H16O5S2/c1-15(16,22(19,20)14-10-6-3-7-11-14)12-21(17,18)13-8-4-2-5-9-13/h2-11,16H,12H2,1H3. The molecule has 0 bridgehead atoms. The number of aliphatic hydroxyl groups is 1. The molecule has 2 aromatic rings. The van der Waals surface area contributed by atoms with E-state index < -0.39 is 30.4 Å². The molecule has 0 radical (unpaired) electrons. The van der Waals surface area contributed by atoms with E-state index in [9.17, 15) is 21.9 Å². The second-order valence-electron chi connectivity index (χ2n) is 5.06. The summed E-state index contributed by atoms with van der Waals surface area (Å²) >= 11 is 0. The van der Waals surface area contributed by atoms with Crippen molar-refractivity contribution in [3.8, 4) is 0 Å². The van der Waals surface area contributed by atoms with Crippen molar-refractivity contribution in [2.45, 2.75) is 21.6 Å². The van der Waals surface area contributed by atoms with Crippen molar-refractivity contribution in [3.63, 3.8) is 0 Å². The molecular formula is C15H16O5S2. The van der Waals surface area contributed by atoms with Gasteiger partial charge in [-0.3, -0.25) is 0 Å². The average molecular weight is 340 g/mol. The van der Waals surface area contributed by atoms with E-state index in [4.69, 9.17) is 0 Å². The lowest BCUT2D eigenvalue weighted by Crippen LogP contribution is -2.42. The summed E-state index contributed by atoms with van der Waals surface area (Å²) in [6.07, 6.45) is 0. The summed E-state index contributed by atoms with van der Waals surface area (Å²) < 4.78 is 49.5. The third-order valence-electron chi connectivity index (χ3n) is 3.19. The van der Waals surface area contributed by atoms with Crippen molar-refractivity contribution in [2.75, 3.05) is 5.75 Å². The highest BCUT2D eigenvalue weighted by atomic mass is 32.2. The molecule has 0 amide bonds. The Morgan fingerprint density at radius 3 is 1.68 bits per heavy atom. The fourth-order valence-electron chi connectivity index (χ4n) is 1.99. The summed E-state index contributed by atoms with van der Waals surface area (Å²) in [6, 6.07) is 14.7. The molecule has 0 fully saturated rings. The van der Waals surface area contributed by atoms with E-state index in [-0.39, 0.29) is 9.79 Å². The lowest BCUT2D eigenvalue weighted by molar-refractivity contribution is 0.167. The van der Waals surface area contributed by atoms with Crippen LogP contribution in [-0.4, -0.2) is 32.6 Å². The SMILES string of the molecule is CC(O)(CS(=O)(=O)c1ccccc1)S(=O)(=O)c1ccccc1. The molecule has 2 rings (SSSR count). The first-order valence-corrected chi connectivity index (χ1v) is 9.60. The monoisotopic (exact) mass is 340 g/mol. The van der Waals surface area contributed by atoms with E-state index in [0.717, 1.165) is 6.92 Å². The van der Waals surface area contributed by atoms with Crippen LogP contribution in [0.4, 0.5) is 0 Å². The maximum absolute atomic E-state index is 12.4. The normalized spacial score (nSPS) is 15.2. The van der Waals surface area contributed by atoms with Crippen LogP contribution in [0.15, 0.2) is 70.5 Å². The summed E-state index contributed by atoms with van der Waals surface area (Å²) in [6.45, 7) is 0.996. The molecule has 0 aliphatic rings. The van der Waals surface area contributed by atoms with Crippen molar-refractivity contribution in [1.29, 1.82) is 0 Å². The van der Waals surface area contributed by atoms with Crippen LogP contribution in [0.2, 0.25) is 0 Å². The molecule has 0 aliphatic heterocycles. The second-order valence-corrected chi connectivity index (χ2v) is 9.41. The Labute approximate surface area is 130 Å². The van der Waals surface area contributed by atoms with Crippen LogP contribution in [0.3, 0.4) is 0 Å². The van der Waals surface area contributed by atoms with Crippen LogP contribution >= 0.6 is 0 Å². The maximum atomic E-state index is 12.4. The fourth-order valence-corrected chi connectivity index (χ4v) is 5.55. The van der Waals surface area contributed by atoms with Crippen LogP contribution in [0.25, 0.3) is 0 Å². The zero-order valence-corrected chi connectivity index (χ0v) is 13.5. The molecule has 0 aliphatic carbocycles. The van der Waals surface area contributed by atoms with Gasteiger partial charge >= 0.3 is 0 Å². The Bertz CT molecular complexity index is 839. The zero-order chi connectivity index (χ0) is 16.4. The molecule has 0 saturated heterocycles. The van der Waals surface area contributed by atoms with Gasteiger partial charge in [-0.05, 0) is 31.2 Å². The lowest BCUT2D eigenvalue weighted by Gasteiger charge is -2.23. The van der Waals surface area contributed by atoms with Crippen molar-refractivity contribution >= 4 is 19.7 Å². The maximum Gasteiger partial charge on any atom is 0.208 e. The molecule has 22 heavy (non-hydrogen) atoms. The molecule has 0 heterocycles. The third kappa shape index (κ3) is 3.21. The zero-order valence-electron chi connectivity index (χ0n) is 11.9. The Balaban J connectivity index is 2.40. The van der Waals surface area contributed by atoms with Gasteiger partial charge in [0.1, 0.15) is 0 Å². The van der Waals surface area contributed by atoms with Crippen LogP contribution in [0.5, 0.6) is 0 Å². The van der Waals surface area contributed by atoms with E-state index >= 15 is 0 Å². The predicted octanol–water partition coefficient (Wildman–Crippen LogP) is 1.64. The van der Waals surface area contributed by atoms with Gasteiger partial charge in [-0.25, -0.2) is 16.8 Å². The summed E-state index contributed by atoms with van der Waals surface area (Å²) in [5, 5.41) is 10.3. The molecule has 1 atom stereocenters. The Kier molecular flexibility index (Phi) is 4.42. The first-order chi connectivity index (χ1) is 10.2. The largest absolute Gasteiger partial charge is 0.373 e. The fraction of sp³-hybridized carbons (Fsp3) is 0.200. The molecule has 5 nitrogen and oxygen atoms in total. The van der Waals surface area contributed by atoms with E-state index in [1.807, 2.05) is 0 Å². The summed E-state index contributed by atoms with van der Waals surface area (Å²) in [4.78, 5) is -2.58. The Morgan fingerprint density at radius 2 is 1.23 bits per heavy atom. The van der Waals surface area contributed by atoms with Gasteiger partial charge in [0.2, 0.25) is 9.84 Å². The van der Waals surface area contributed by atoms with Gasteiger partial charge in [0.15, 0.2) is 14.8 Å². The van der Waals surface area contributed by atoms with Crippen molar-refractivity contribution in [3.05, 3.63) is 60.7 Å². The van der Waals surface area contributed by atoms with Gasteiger partial charge in [0.25, 0.3) is 0 Å². The van der Waals surface area contributed by atoms with Gasteiger partial charge in [0, 0.05) is 0 Å². The second kappa shape index (κ2) is 5.83. The quantitative estimate of drug-likeness (QED) is 0.894. The number of sulfone groups is 2. The highest BCUT2D eigenvalue weighted by Crippen LogP contribution is 2.27. The van der Waals surface area contributed by atoms with E-state index in [0.29, 0.717) is 0 Å². The van der Waals surface area contributed by atoms with Crippen molar-refractivity contribution in [2.24, 2.45) is 0 Å².